The van der Waals surface area contributed by atoms with E-state index in [4.69, 9.17) is 8.85 Å². The third-order valence-electron chi connectivity index (χ3n) is 4.27. The first kappa shape index (κ1) is 26.3. The summed E-state index contributed by atoms with van der Waals surface area (Å²) in [5.41, 5.74) is 1.13. The molecule has 0 fully saturated rings. The topological polar surface area (TPSA) is 30.5 Å². The molecule has 143 valence electrons. The first-order valence-corrected chi connectivity index (χ1v) is 14.1. The van der Waals surface area contributed by atoms with Crippen molar-refractivity contribution < 1.29 is 59.9 Å². The molecular formula is C18H28Cl2NO2Si2Zr. The second-order valence-corrected chi connectivity index (χ2v) is 16.6. The average Bonchev–Trinajstić information content (AvgIpc) is 2.78. The number of rotatable bonds is 4. The number of benzene rings is 1. The van der Waals surface area contributed by atoms with E-state index in [2.05, 4.69) is 70.5 Å². The van der Waals surface area contributed by atoms with Crippen molar-refractivity contribution in [2.75, 3.05) is 12.4 Å². The number of nitrogens with one attached hydrogen (secondary N) is 1. The van der Waals surface area contributed by atoms with E-state index in [9.17, 15) is 0 Å². The Labute approximate surface area is 191 Å². The Morgan fingerprint density at radius 3 is 2.15 bits per heavy atom. The fourth-order valence-electron chi connectivity index (χ4n) is 3.23. The summed E-state index contributed by atoms with van der Waals surface area (Å²) in [6, 6.07) is 6.63. The van der Waals surface area contributed by atoms with E-state index in [0.717, 1.165) is 11.4 Å². The van der Waals surface area contributed by atoms with Crippen molar-refractivity contribution in [3.8, 4) is 5.75 Å². The van der Waals surface area contributed by atoms with Gasteiger partial charge in [-0.15, -0.1) is 33.3 Å². The molecule has 1 aliphatic rings. The molecule has 1 atom stereocenters. The van der Waals surface area contributed by atoms with Crippen LogP contribution >= 0.6 is 0 Å². The summed E-state index contributed by atoms with van der Waals surface area (Å²) in [4.78, 5) is 0. The van der Waals surface area contributed by atoms with E-state index in [1.807, 2.05) is 7.11 Å². The van der Waals surface area contributed by atoms with Crippen LogP contribution in [-0.4, -0.2) is 29.3 Å². The van der Waals surface area contributed by atoms with Gasteiger partial charge in [-0.3, -0.25) is 0 Å². The molecular weight excluding hydrogens is 481 g/mol. The predicted octanol–water partition coefficient (Wildman–Crippen LogP) is -2.36. The van der Waals surface area contributed by atoms with Gasteiger partial charge in [-0.25, -0.2) is 0 Å². The smallest absolute Gasteiger partial charge is 1.00 e. The van der Waals surface area contributed by atoms with E-state index in [1.54, 1.807) is 0 Å². The molecule has 3 rings (SSSR count). The molecule has 2 aromatic rings. The first-order chi connectivity index (χ1) is 10.5. The van der Waals surface area contributed by atoms with Crippen LogP contribution in [0.15, 0.2) is 18.2 Å². The summed E-state index contributed by atoms with van der Waals surface area (Å²) < 4.78 is 12.3. The number of hydrogen-bond acceptors (Lipinski definition) is 3. The van der Waals surface area contributed by atoms with Gasteiger partial charge in [-0.1, -0.05) is 6.07 Å². The molecule has 0 spiro atoms. The Balaban J connectivity index is 0.00000208. The Bertz CT molecular complexity index is 784. The van der Waals surface area contributed by atoms with E-state index in [0.29, 0.717) is 0 Å². The first-order valence-electron chi connectivity index (χ1n) is 8.26. The maximum absolute atomic E-state index is 6.39. The van der Waals surface area contributed by atoms with Crippen LogP contribution in [0.4, 0.5) is 5.69 Å². The van der Waals surface area contributed by atoms with Gasteiger partial charge < -0.3 is 39.0 Å². The second-order valence-electron chi connectivity index (χ2n) is 8.66. The van der Waals surface area contributed by atoms with Crippen LogP contribution in [0, 0.1) is 0 Å². The summed E-state index contributed by atoms with van der Waals surface area (Å²) in [6.45, 7) is 15.5. The fraction of sp³-hybridized carbons (Fsp3) is 0.500. The molecule has 1 N–H and O–H groups in total. The van der Waals surface area contributed by atoms with Gasteiger partial charge in [0.1, 0.15) is 5.75 Å². The van der Waals surface area contributed by atoms with Crippen LogP contribution < -0.4 is 44.9 Å². The average molecular weight is 509 g/mol. The van der Waals surface area contributed by atoms with E-state index >= 15 is 0 Å². The van der Waals surface area contributed by atoms with Gasteiger partial charge in [-0.05, 0) is 47.0 Å². The van der Waals surface area contributed by atoms with Crippen molar-refractivity contribution in [2.24, 2.45) is 0 Å². The third kappa shape index (κ3) is 4.82. The van der Waals surface area contributed by atoms with Crippen molar-refractivity contribution in [2.45, 2.75) is 52.5 Å². The fourth-order valence-corrected chi connectivity index (χ4v) is 7.15. The largest absolute Gasteiger partial charge is 3.00 e. The van der Waals surface area contributed by atoms with Crippen molar-refractivity contribution in [1.82, 2.24) is 0 Å². The molecule has 26 heavy (non-hydrogen) atoms. The van der Waals surface area contributed by atoms with Gasteiger partial charge >= 0.3 is 26.2 Å². The number of halogens is 2. The van der Waals surface area contributed by atoms with Gasteiger partial charge in [0.15, 0.2) is 8.32 Å². The summed E-state index contributed by atoms with van der Waals surface area (Å²) in [7, 11) is -1.60. The minimum absolute atomic E-state index is 0. The number of hydrogen-bond donors (Lipinski definition) is 1. The van der Waals surface area contributed by atoms with E-state index in [1.165, 1.54) is 21.1 Å². The molecule has 0 amide bonds. The van der Waals surface area contributed by atoms with Gasteiger partial charge in [0, 0.05) is 18.3 Å². The molecule has 0 saturated heterocycles. The number of fused-ring (bicyclic) bond motifs is 3. The molecule has 0 aromatic heterocycles. The zero-order valence-corrected chi connectivity index (χ0v) is 22.8. The molecule has 1 radical (unpaired) electrons. The Hall–Kier alpha value is 0.287. The van der Waals surface area contributed by atoms with Crippen molar-refractivity contribution in [1.29, 1.82) is 0 Å². The summed E-state index contributed by atoms with van der Waals surface area (Å²) in [5, 5.41) is 9.21. The maximum Gasteiger partial charge on any atom is 3.00 e. The van der Waals surface area contributed by atoms with Crippen LogP contribution in [0.1, 0.15) is 20.8 Å². The van der Waals surface area contributed by atoms with Gasteiger partial charge in [-0.2, -0.15) is 0 Å². The predicted molar refractivity (Wildman–Crippen MR) is 105 cm³/mol. The number of anilines is 1. The van der Waals surface area contributed by atoms with E-state index < -0.39 is 16.6 Å². The molecule has 3 nitrogen and oxygen atoms in total. The molecule has 1 heterocycles. The summed E-state index contributed by atoms with van der Waals surface area (Å²) in [5.74, 6) is 0.986. The van der Waals surface area contributed by atoms with Crippen LogP contribution in [0.25, 0.3) is 10.8 Å². The van der Waals surface area contributed by atoms with E-state index in [-0.39, 0.29) is 56.6 Å². The molecule has 0 aliphatic carbocycles. The monoisotopic (exact) mass is 506 g/mol. The third-order valence-corrected chi connectivity index (χ3v) is 8.57. The minimum Gasteiger partial charge on any atom is -1.00 e. The SMILES string of the molecule is CO[Si]1(C)c2[cH-]c3ccc(O[Si](C)(C)C)c(NC(C)(C)C)c3c21.[Cl-].[Cl-].[Zr+3]. The molecule has 1 aliphatic heterocycles. The quantitative estimate of drug-likeness (QED) is 0.370. The normalized spacial score (nSPS) is 18.2. The maximum atomic E-state index is 6.39. The van der Waals surface area contributed by atoms with Crippen molar-refractivity contribution in [3.63, 3.8) is 0 Å². The molecule has 8 heteroatoms. The zero-order valence-electron chi connectivity index (χ0n) is 16.8. The van der Waals surface area contributed by atoms with Crippen LogP contribution in [0.3, 0.4) is 0 Å². The van der Waals surface area contributed by atoms with Gasteiger partial charge in [0.05, 0.1) is 0 Å². The minimum atomic E-state index is -1.77. The molecule has 0 bridgehead atoms. The zero-order chi connectivity index (χ0) is 17.2. The van der Waals surface area contributed by atoms with Crippen molar-refractivity contribution in [3.05, 3.63) is 18.2 Å². The van der Waals surface area contributed by atoms with Crippen LogP contribution in [-0.2, 0) is 30.6 Å². The summed E-state index contributed by atoms with van der Waals surface area (Å²) in [6.07, 6.45) is 0. The molecule has 1 unspecified atom stereocenters. The van der Waals surface area contributed by atoms with Crippen LogP contribution in [0.5, 0.6) is 5.75 Å². The van der Waals surface area contributed by atoms with Crippen molar-refractivity contribution >= 4 is 43.5 Å². The molecule has 0 saturated carbocycles. The van der Waals surface area contributed by atoms with Crippen LogP contribution in [0.2, 0.25) is 26.2 Å². The standard InChI is InChI=1S/C18H28NO2Si2.2ClH.Zr/c1-18(2,3)19-16-13(21-22(5,6)7)10-9-12-11-14-17(15(12)16)23(14,8)20-4;;;/h9-11,19H,1-8H3;2*1H;/q-1;;;+3/p-2. The molecule has 2 aromatic carbocycles. The summed E-state index contributed by atoms with van der Waals surface area (Å²) >= 11 is 0. The second kappa shape index (κ2) is 8.34. The Morgan fingerprint density at radius 1 is 1.12 bits per heavy atom. The van der Waals surface area contributed by atoms with Gasteiger partial charge in [0.2, 0.25) is 8.32 Å². The van der Waals surface area contributed by atoms with Gasteiger partial charge in [0.25, 0.3) is 0 Å². The Kier molecular flexibility index (Phi) is 8.43. The Morgan fingerprint density at radius 2 is 1.69 bits per heavy atom.